The van der Waals surface area contributed by atoms with Gasteiger partial charge in [-0.05, 0) is 16.7 Å². The highest BCUT2D eigenvalue weighted by molar-refractivity contribution is 5.78. The molecule has 1 N–H and O–H groups in total. The van der Waals surface area contributed by atoms with Crippen molar-refractivity contribution in [3.63, 3.8) is 0 Å². The van der Waals surface area contributed by atoms with Crippen LogP contribution < -0.4 is 0 Å². The molecule has 2 aliphatic rings. The maximum atomic E-state index is 13.1. The van der Waals surface area contributed by atoms with E-state index in [2.05, 4.69) is 9.80 Å². The SMILES string of the molecule is O=C(CN1CCOCC1)N1CCN(Cc2ccc(-c3ccc(C(O)(C(F)(F)F)C(F)(F)F)cc3)cc2)CC1. The quantitative estimate of drug-likeness (QED) is 0.562. The van der Waals surface area contributed by atoms with Crippen molar-refractivity contribution in [2.45, 2.75) is 24.5 Å². The topological polar surface area (TPSA) is 56.2 Å². The number of carbonyl (C=O) groups is 1. The fourth-order valence-electron chi connectivity index (χ4n) is 4.66. The zero-order chi connectivity index (χ0) is 27.6. The first kappa shape index (κ1) is 28.3. The minimum atomic E-state index is -5.92. The highest BCUT2D eigenvalue weighted by Crippen LogP contribution is 2.50. The van der Waals surface area contributed by atoms with E-state index in [1.165, 1.54) is 0 Å². The Bertz CT molecular complexity index is 1060. The third-order valence-electron chi connectivity index (χ3n) is 7.00. The molecule has 2 heterocycles. The van der Waals surface area contributed by atoms with E-state index < -0.39 is 23.5 Å². The van der Waals surface area contributed by atoms with E-state index in [0.29, 0.717) is 62.7 Å². The number of rotatable bonds is 6. The molecule has 0 atom stereocenters. The lowest BCUT2D eigenvalue weighted by molar-refractivity contribution is -0.376. The van der Waals surface area contributed by atoms with Gasteiger partial charge in [0.05, 0.1) is 19.8 Å². The number of carbonyl (C=O) groups excluding carboxylic acids is 1. The third kappa shape index (κ3) is 6.14. The van der Waals surface area contributed by atoms with Crippen molar-refractivity contribution in [2.75, 3.05) is 59.0 Å². The van der Waals surface area contributed by atoms with Crippen LogP contribution in [0.3, 0.4) is 0 Å². The first-order chi connectivity index (χ1) is 17.9. The molecule has 1 amide bonds. The van der Waals surface area contributed by atoms with E-state index in [0.717, 1.165) is 43.9 Å². The van der Waals surface area contributed by atoms with Crippen LogP contribution in [-0.2, 0) is 21.7 Å². The normalized spacial score (nSPS) is 18.6. The molecule has 2 aromatic carbocycles. The van der Waals surface area contributed by atoms with Gasteiger partial charge in [-0.25, -0.2) is 0 Å². The van der Waals surface area contributed by atoms with Crippen LogP contribution in [0.4, 0.5) is 26.3 Å². The van der Waals surface area contributed by atoms with Crippen molar-refractivity contribution in [1.82, 2.24) is 14.7 Å². The van der Waals surface area contributed by atoms with Gasteiger partial charge in [0, 0.05) is 51.4 Å². The molecule has 0 bridgehead atoms. The highest BCUT2D eigenvalue weighted by Gasteiger charge is 2.71. The molecule has 0 saturated carbocycles. The molecule has 2 aliphatic heterocycles. The molecule has 6 nitrogen and oxygen atoms in total. The number of ether oxygens (including phenoxy) is 1. The number of morpholine rings is 1. The number of amides is 1. The predicted molar refractivity (Wildman–Crippen MR) is 127 cm³/mol. The second kappa shape index (κ2) is 11.2. The molecule has 0 aliphatic carbocycles. The molecule has 2 fully saturated rings. The number of aliphatic hydroxyl groups is 1. The minimum absolute atomic E-state index is 0.117. The van der Waals surface area contributed by atoms with E-state index in [1.54, 1.807) is 12.1 Å². The number of alkyl halides is 6. The maximum Gasteiger partial charge on any atom is 0.430 e. The van der Waals surface area contributed by atoms with Crippen LogP contribution in [0.5, 0.6) is 0 Å². The van der Waals surface area contributed by atoms with Gasteiger partial charge in [0.1, 0.15) is 0 Å². The zero-order valence-corrected chi connectivity index (χ0v) is 20.6. The van der Waals surface area contributed by atoms with Gasteiger partial charge in [0.15, 0.2) is 0 Å². The number of nitrogens with zero attached hydrogens (tertiary/aromatic N) is 3. The van der Waals surface area contributed by atoms with Crippen LogP contribution >= 0.6 is 0 Å². The number of hydrogen-bond acceptors (Lipinski definition) is 5. The number of halogens is 6. The standard InChI is InChI=1S/C26H29F6N3O3/c27-25(28,29)24(37,26(30,31)32)22-7-5-21(6-8-22)20-3-1-19(2-4-20)17-33-9-11-35(12-10-33)23(36)18-34-13-15-38-16-14-34/h1-8,37H,9-18H2. The molecule has 2 aromatic rings. The summed E-state index contributed by atoms with van der Waals surface area (Å²) in [5.41, 5.74) is -4.22. The Labute approximate surface area is 216 Å². The van der Waals surface area contributed by atoms with Crippen LogP contribution in [-0.4, -0.2) is 97.1 Å². The van der Waals surface area contributed by atoms with E-state index in [9.17, 15) is 36.2 Å². The van der Waals surface area contributed by atoms with Crippen LogP contribution in [0.2, 0.25) is 0 Å². The average molecular weight is 546 g/mol. The lowest BCUT2D eigenvalue weighted by Gasteiger charge is -2.36. The second-order valence-corrected chi connectivity index (χ2v) is 9.53. The summed E-state index contributed by atoms with van der Waals surface area (Å²) < 4.78 is 83.9. The Balaban J connectivity index is 1.32. The Morgan fingerprint density at radius 3 is 1.74 bits per heavy atom. The molecular formula is C26H29F6N3O3. The zero-order valence-electron chi connectivity index (χ0n) is 20.6. The van der Waals surface area contributed by atoms with E-state index in [1.807, 2.05) is 17.0 Å². The van der Waals surface area contributed by atoms with Crippen LogP contribution in [0.1, 0.15) is 11.1 Å². The number of piperazine rings is 1. The Kier molecular flexibility index (Phi) is 8.36. The monoisotopic (exact) mass is 545 g/mol. The Morgan fingerprint density at radius 1 is 0.737 bits per heavy atom. The summed E-state index contributed by atoms with van der Waals surface area (Å²) in [6.07, 6.45) is -11.8. The van der Waals surface area contributed by atoms with Gasteiger partial charge in [-0.1, -0.05) is 48.5 Å². The Morgan fingerprint density at radius 2 is 1.24 bits per heavy atom. The third-order valence-corrected chi connectivity index (χ3v) is 7.00. The predicted octanol–water partition coefficient (Wildman–Crippen LogP) is 3.64. The molecule has 0 unspecified atom stereocenters. The van der Waals surface area contributed by atoms with Crippen molar-refractivity contribution < 1.29 is 41.0 Å². The summed E-state index contributed by atoms with van der Waals surface area (Å²) in [6, 6.07) is 10.7. The van der Waals surface area contributed by atoms with Crippen LogP contribution in [0, 0.1) is 0 Å². The average Bonchev–Trinajstić information content (AvgIpc) is 2.88. The van der Waals surface area contributed by atoms with E-state index in [-0.39, 0.29) is 5.91 Å². The summed E-state index contributed by atoms with van der Waals surface area (Å²) >= 11 is 0. The maximum absolute atomic E-state index is 13.1. The molecule has 12 heteroatoms. The fourth-order valence-corrected chi connectivity index (χ4v) is 4.66. The van der Waals surface area contributed by atoms with Crippen molar-refractivity contribution in [3.05, 3.63) is 59.7 Å². The molecule has 208 valence electrons. The Hall–Kier alpha value is -2.67. The van der Waals surface area contributed by atoms with Crippen molar-refractivity contribution in [2.24, 2.45) is 0 Å². The summed E-state index contributed by atoms with van der Waals surface area (Å²) in [6.45, 7) is 6.57. The van der Waals surface area contributed by atoms with Crippen LogP contribution in [0.15, 0.2) is 48.5 Å². The first-order valence-corrected chi connectivity index (χ1v) is 12.2. The molecule has 0 radical (unpaired) electrons. The molecule has 38 heavy (non-hydrogen) atoms. The highest BCUT2D eigenvalue weighted by atomic mass is 19.4. The number of benzene rings is 2. The molecule has 0 aromatic heterocycles. The first-order valence-electron chi connectivity index (χ1n) is 12.2. The summed E-state index contributed by atoms with van der Waals surface area (Å²) in [5.74, 6) is 0.117. The van der Waals surface area contributed by atoms with Gasteiger partial charge in [-0.3, -0.25) is 14.6 Å². The summed E-state index contributed by atoms with van der Waals surface area (Å²) in [5, 5.41) is 9.55. The van der Waals surface area contributed by atoms with Crippen molar-refractivity contribution >= 4 is 5.91 Å². The van der Waals surface area contributed by atoms with Gasteiger partial charge in [0.2, 0.25) is 5.91 Å². The van der Waals surface area contributed by atoms with Crippen molar-refractivity contribution in [1.29, 1.82) is 0 Å². The lowest BCUT2D eigenvalue weighted by Crippen LogP contribution is -2.53. The second-order valence-electron chi connectivity index (χ2n) is 9.53. The smallest absolute Gasteiger partial charge is 0.379 e. The van der Waals surface area contributed by atoms with Crippen LogP contribution in [0.25, 0.3) is 11.1 Å². The van der Waals surface area contributed by atoms with E-state index >= 15 is 0 Å². The molecule has 0 spiro atoms. The number of hydrogen-bond donors (Lipinski definition) is 1. The molecule has 2 saturated heterocycles. The lowest BCUT2D eigenvalue weighted by atomic mass is 9.90. The van der Waals surface area contributed by atoms with Gasteiger partial charge in [0.25, 0.3) is 5.60 Å². The van der Waals surface area contributed by atoms with Gasteiger partial charge < -0.3 is 14.7 Å². The summed E-state index contributed by atoms with van der Waals surface area (Å²) in [4.78, 5) is 18.8. The largest absolute Gasteiger partial charge is 0.430 e. The molecule has 4 rings (SSSR count). The van der Waals surface area contributed by atoms with E-state index in [4.69, 9.17) is 4.74 Å². The molecular weight excluding hydrogens is 516 g/mol. The van der Waals surface area contributed by atoms with Gasteiger partial charge in [-0.15, -0.1) is 0 Å². The van der Waals surface area contributed by atoms with Gasteiger partial charge >= 0.3 is 12.4 Å². The summed E-state index contributed by atoms with van der Waals surface area (Å²) in [7, 11) is 0. The van der Waals surface area contributed by atoms with Crippen molar-refractivity contribution in [3.8, 4) is 11.1 Å². The fraction of sp³-hybridized carbons (Fsp3) is 0.500. The van der Waals surface area contributed by atoms with Gasteiger partial charge in [-0.2, -0.15) is 26.3 Å². The minimum Gasteiger partial charge on any atom is -0.379 e.